The van der Waals surface area contributed by atoms with E-state index in [1.807, 2.05) is 24.3 Å². The van der Waals surface area contributed by atoms with Gasteiger partial charge in [-0.2, -0.15) is 0 Å². The highest BCUT2D eigenvalue weighted by Gasteiger charge is 2.06. The number of ether oxygens (including phenoxy) is 1. The van der Waals surface area contributed by atoms with Gasteiger partial charge in [-0.1, -0.05) is 23.7 Å². The van der Waals surface area contributed by atoms with Crippen LogP contribution in [0, 0.1) is 0 Å². The van der Waals surface area contributed by atoms with Gasteiger partial charge in [0.25, 0.3) is 0 Å². The number of urea groups is 1. The zero-order valence-electron chi connectivity index (χ0n) is 12.1. The van der Waals surface area contributed by atoms with Gasteiger partial charge in [0, 0.05) is 11.6 Å². The van der Waals surface area contributed by atoms with Gasteiger partial charge >= 0.3 is 6.03 Å². The van der Waals surface area contributed by atoms with Crippen LogP contribution >= 0.6 is 11.6 Å². The molecule has 2 rings (SSSR count). The van der Waals surface area contributed by atoms with Crippen molar-refractivity contribution < 1.29 is 14.6 Å². The molecule has 6 heteroatoms. The molecule has 2 aromatic rings. The van der Waals surface area contributed by atoms with Crippen LogP contribution in [0.15, 0.2) is 42.5 Å². The number of methoxy groups -OCH3 is 1. The van der Waals surface area contributed by atoms with Gasteiger partial charge in [0.05, 0.1) is 12.8 Å². The van der Waals surface area contributed by atoms with Gasteiger partial charge in [-0.3, -0.25) is 0 Å². The van der Waals surface area contributed by atoms with Crippen LogP contribution in [0.3, 0.4) is 0 Å². The molecule has 0 saturated heterocycles. The number of nitrogens with one attached hydrogen (secondary N) is 2. The number of carbonyl (C=O) groups excluding carboxylic acids is 1. The number of aromatic hydroxyl groups is 1. The number of benzene rings is 2. The number of amides is 2. The first-order chi connectivity index (χ1) is 10.6. The van der Waals surface area contributed by atoms with E-state index in [2.05, 4.69) is 10.6 Å². The lowest BCUT2D eigenvalue weighted by atomic mass is 10.1. The SMILES string of the molecule is COc1ccc(CCNC(=O)Nc2cc(Cl)ccc2O)cc1. The van der Waals surface area contributed by atoms with E-state index >= 15 is 0 Å². The molecular formula is C16H17ClN2O3. The van der Waals surface area contributed by atoms with Crippen LogP contribution in [0.4, 0.5) is 10.5 Å². The smallest absolute Gasteiger partial charge is 0.319 e. The lowest BCUT2D eigenvalue weighted by Gasteiger charge is -2.09. The summed E-state index contributed by atoms with van der Waals surface area (Å²) in [6.45, 7) is 0.472. The van der Waals surface area contributed by atoms with E-state index in [1.54, 1.807) is 13.2 Å². The van der Waals surface area contributed by atoms with E-state index in [9.17, 15) is 9.90 Å². The second-order valence-corrected chi connectivity index (χ2v) is 5.08. The molecular weight excluding hydrogens is 304 g/mol. The standard InChI is InChI=1S/C16H17ClN2O3/c1-22-13-5-2-11(3-6-13)8-9-18-16(21)19-14-10-12(17)4-7-15(14)20/h2-7,10,20H,8-9H2,1H3,(H2,18,19,21). The first-order valence-corrected chi connectivity index (χ1v) is 7.12. The fraction of sp³-hybridized carbons (Fsp3) is 0.188. The summed E-state index contributed by atoms with van der Waals surface area (Å²) in [5.41, 5.74) is 1.36. The predicted octanol–water partition coefficient (Wildman–Crippen LogP) is 3.42. The molecule has 0 aromatic heterocycles. The van der Waals surface area contributed by atoms with Crippen molar-refractivity contribution in [2.45, 2.75) is 6.42 Å². The quantitative estimate of drug-likeness (QED) is 0.739. The highest BCUT2D eigenvalue weighted by Crippen LogP contribution is 2.26. The Morgan fingerprint density at radius 1 is 1.23 bits per heavy atom. The fourth-order valence-electron chi connectivity index (χ4n) is 1.89. The van der Waals surface area contributed by atoms with Gasteiger partial charge < -0.3 is 20.5 Å². The molecule has 0 aliphatic carbocycles. The van der Waals surface area contributed by atoms with Gasteiger partial charge in [-0.25, -0.2) is 4.79 Å². The highest BCUT2D eigenvalue weighted by atomic mass is 35.5. The Bertz CT molecular complexity index is 644. The Hall–Kier alpha value is -2.40. The minimum Gasteiger partial charge on any atom is -0.506 e. The normalized spacial score (nSPS) is 10.1. The molecule has 116 valence electrons. The third-order valence-electron chi connectivity index (χ3n) is 3.07. The number of anilines is 1. The molecule has 0 atom stereocenters. The molecule has 0 heterocycles. The first-order valence-electron chi connectivity index (χ1n) is 6.75. The zero-order chi connectivity index (χ0) is 15.9. The van der Waals surface area contributed by atoms with Crippen LogP contribution in [0.5, 0.6) is 11.5 Å². The van der Waals surface area contributed by atoms with Gasteiger partial charge in [0.2, 0.25) is 0 Å². The Balaban J connectivity index is 1.81. The number of hydrogen-bond donors (Lipinski definition) is 3. The summed E-state index contributed by atoms with van der Waals surface area (Å²) >= 11 is 5.82. The molecule has 0 bridgehead atoms. The molecule has 0 fully saturated rings. The van der Waals surface area contributed by atoms with Crippen LogP contribution < -0.4 is 15.4 Å². The van der Waals surface area contributed by atoms with Crippen molar-refractivity contribution in [1.82, 2.24) is 5.32 Å². The van der Waals surface area contributed by atoms with Crippen molar-refractivity contribution in [3.8, 4) is 11.5 Å². The third kappa shape index (κ3) is 4.56. The van der Waals surface area contributed by atoms with Gasteiger partial charge in [-0.05, 0) is 42.3 Å². The largest absolute Gasteiger partial charge is 0.506 e. The van der Waals surface area contributed by atoms with Gasteiger partial charge in [0.15, 0.2) is 0 Å². The van der Waals surface area contributed by atoms with Crippen LogP contribution in [0.2, 0.25) is 5.02 Å². The molecule has 0 aliphatic rings. The molecule has 5 nitrogen and oxygen atoms in total. The van der Waals surface area contributed by atoms with Crippen molar-refractivity contribution in [3.05, 3.63) is 53.1 Å². The molecule has 2 aromatic carbocycles. The van der Waals surface area contributed by atoms with E-state index in [0.717, 1.165) is 11.3 Å². The Morgan fingerprint density at radius 3 is 2.64 bits per heavy atom. The van der Waals surface area contributed by atoms with Gasteiger partial charge in [-0.15, -0.1) is 0 Å². The minimum atomic E-state index is -0.397. The van der Waals surface area contributed by atoms with Crippen LogP contribution in [0.25, 0.3) is 0 Å². The average molecular weight is 321 g/mol. The molecule has 2 amide bonds. The summed E-state index contributed by atoms with van der Waals surface area (Å²) < 4.78 is 5.08. The summed E-state index contributed by atoms with van der Waals surface area (Å²) in [6, 6.07) is 11.7. The lowest BCUT2D eigenvalue weighted by Crippen LogP contribution is -2.30. The maximum atomic E-state index is 11.8. The van der Waals surface area contributed by atoms with E-state index in [1.165, 1.54) is 12.1 Å². The van der Waals surface area contributed by atoms with E-state index in [-0.39, 0.29) is 11.4 Å². The van der Waals surface area contributed by atoms with E-state index in [4.69, 9.17) is 16.3 Å². The van der Waals surface area contributed by atoms with Crippen LogP contribution in [-0.2, 0) is 6.42 Å². The Kier molecular flexibility index (Phi) is 5.49. The number of hydrogen-bond acceptors (Lipinski definition) is 3. The number of halogens is 1. The molecule has 0 unspecified atom stereocenters. The van der Waals surface area contributed by atoms with Crippen molar-refractivity contribution in [2.24, 2.45) is 0 Å². The molecule has 22 heavy (non-hydrogen) atoms. The van der Waals surface area contributed by atoms with Crippen molar-refractivity contribution >= 4 is 23.3 Å². The van der Waals surface area contributed by atoms with Gasteiger partial charge in [0.1, 0.15) is 11.5 Å². The van der Waals surface area contributed by atoms with E-state index in [0.29, 0.717) is 18.0 Å². The highest BCUT2D eigenvalue weighted by molar-refractivity contribution is 6.31. The van der Waals surface area contributed by atoms with Crippen molar-refractivity contribution in [3.63, 3.8) is 0 Å². The number of carbonyl (C=O) groups is 1. The summed E-state index contributed by atoms with van der Waals surface area (Å²) in [7, 11) is 1.62. The average Bonchev–Trinajstić information content (AvgIpc) is 2.51. The maximum absolute atomic E-state index is 11.8. The summed E-state index contributed by atoms with van der Waals surface area (Å²) in [5.74, 6) is 0.764. The number of rotatable bonds is 5. The monoisotopic (exact) mass is 320 g/mol. The zero-order valence-corrected chi connectivity index (χ0v) is 12.9. The fourth-order valence-corrected chi connectivity index (χ4v) is 2.06. The number of phenols is 1. The summed E-state index contributed by atoms with van der Waals surface area (Å²) in [4.78, 5) is 11.8. The molecule has 3 N–H and O–H groups in total. The summed E-state index contributed by atoms with van der Waals surface area (Å²) in [6.07, 6.45) is 0.693. The third-order valence-corrected chi connectivity index (χ3v) is 3.30. The second kappa shape index (κ2) is 7.56. The minimum absolute atomic E-state index is 0.0327. The lowest BCUT2D eigenvalue weighted by molar-refractivity contribution is 0.252. The maximum Gasteiger partial charge on any atom is 0.319 e. The topological polar surface area (TPSA) is 70.6 Å². The second-order valence-electron chi connectivity index (χ2n) is 4.64. The van der Waals surface area contributed by atoms with Crippen molar-refractivity contribution in [1.29, 1.82) is 0 Å². The summed E-state index contributed by atoms with van der Waals surface area (Å²) in [5, 5.41) is 15.3. The number of phenolic OH excluding ortho intramolecular Hbond substituents is 1. The first kappa shape index (κ1) is 16.0. The van der Waals surface area contributed by atoms with Crippen LogP contribution in [0.1, 0.15) is 5.56 Å². The molecule has 0 saturated carbocycles. The van der Waals surface area contributed by atoms with E-state index < -0.39 is 6.03 Å². The molecule has 0 aliphatic heterocycles. The predicted molar refractivity (Wildman–Crippen MR) is 86.8 cm³/mol. The Labute approximate surface area is 133 Å². The van der Waals surface area contributed by atoms with Crippen molar-refractivity contribution in [2.75, 3.05) is 19.0 Å². The molecule has 0 spiro atoms. The van der Waals surface area contributed by atoms with Crippen LogP contribution in [-0.4, -0.2) is 24.8 Å². The Morgan fingerprint density at radius 2 is 1.95 bits per heavy atom. The molecule has 0 radical (unpaired) electrons.